The van der Waals surface area contributed by atoms with Crippen molar-refractivity contribution in [2.45, 2.75) is 26.1 Å². The lowest BCUT2D eigenvalue weighted by molar-refractivity contribution is 0.0535. The highest BCUT2D eigenvalue weighted by atomic mass is 16.5. The van der Waals surface area contributed by atoms with Gasteiger partial charge in [0.1, 0.15) is 18.8 Å². The molecule has 0 amide bonds. The van der Waals surface area contributed by atoms with Crippen LogP contribution < -0.4 is 0 Å². The lowest BCUT2D eigenvalue weighted by Crippen LogP contribution is -2.48. The Labute approximate surface area is 176 Å². The largest absolute Gasteiger partial charge is 0.457 e. The van der Waals surface area contributed by atoms with E-state index >= 15 is 0 Å². The van der Waals surface area contributed by atoms with Crippen LogP contribution >= 0.6 is 0 Å². The molecule has 2 aromatic rings. The van der Waals surface area contributed by atoms with Gasteiger partial charge in [-0.25, -0.2) is 4.79 Å². The molecule has 0 radical (unpaired) electrons. The summed E-state index contributed by atoms with van der Waals surface area (Å²) in [6, 6.07) is 9.39. The van der Waals surface area contributed by atoms with Gasteiger partial charge in [-0.3, -0.25) is 9.88 Å². The highest BCUT2D eigenvalue weighted by Gasteiger charge is 2.24. The lowest BCUT2D eigenvalue weighted by Gasteiger charge is -2.35. The van der Waals surface area contributed by atoms with E-state index in [1.807, 2.05) is 12.1 Å². The third-order valence-corrected chi connectivity index (χ3v) is 6.13. The summed E-state index contributed by atoms with van der Waals surface area (Å²) in [5, 5.41) is 19.3. The monoisotopic (exact) mass is 406 g/mol. The molecular weight excluding hydrogens is 380 g/mol. The number of esters is 1. The van der Waals surface area contributed by atoms with E-state index in [0.29, 0.717) is 30.0 Å². The summed E-state index contributed by atoms with van der Waals surface area (Å²) >= 11 is 0. The second-order valence-corrected chi connectivity index (χ2v) is 7.94. The number of carbonyl (C=O) groups excluding carboxylic acids is 1. The zero-order chi connectivity index (χ0) is 21.1. The van der Waals surface area contributed by atoms with Gasteiger partial charge in [0.05, 0.1) is 16.8 Å². The van der Waals surface area contributed by atoms with E-state index < -0.39 is 6.10 Å². The van der Waals surface area contributed by atoms with Crippen LogP contribution in [-0.2, 0) is 17.8 Å². The van der Waals surface area contributed by atoms with Gasteiger partial charge in [0.2, 0.25) is 0 Å². The zero-order valence-corrected chi connectivity index (χ0v) is 17.2. The first-order valence-corrected chi connectivity index (χ1v) is 10.3. The Morgan fingerprint density at radius 1 is 1.20 bits per heavy atom. The van der Waals surface area contributed by atoms with Crippen LogP contribution in [0, 0.1) is 18.3 Å². The average molecular weight is 406 g/mol. The van der Waals surface area contributed by atoms with Gasteiger partial charge in [0.25, 0.3) is 0 Å². The van der Waals surface area contributed by atoms with Gasteiger partial charge in [0, 0.05) is 51.0 Å². The van der Waals surface area contributed by atoms with E-state index in [9.17, 15) is 9.90 Å². The first-order chi connectivity index (χ1) is 14.5. The van der Waals surface area contributed by atoms with Crippen molar-refractivity contribution in [1.82, 2.24) is 14.8 Å². The molecule has 30 heavy (non-hydrogen) atoms. The molecule has 156 valence electrons. The highest BCUT2D eigenvalue weighted by Crippen LogP contribution is 2.26. The number of rotatable bonds is 6. The summed E-state index contributed by atoms with van der Waals surface area (Å²) in [4.78, 5) is 20.6. The number of hydrogen-bond acceptors (Lipinski definition) is 7. The number of ether oxygens (including phenoxy) is 1. The molecule has 1 atom stereocenters. The molecule has 0 saturated carbocycles. The number of β-amino-alcohol motifs (C(OH)–C–C–N with tert-alkyl or cyclic N) is 1. The van der Waals surface area contributed by atoms with Gasteiger partial charge in [0.15, 0.2) is 0 Å². The minimum Gasteiger partial charge on any atom is -0.457 e. The normalized spacial score (nSPS) is 18.0. The van der Waals surface area contributed by atoms with E-state index in [1.54, 1.807) is 12.1 Å². The van der Waals surface area contributed by atoms with Crippen LogP contribution in [0.1, 0.15) is 44.4 Å². The van der Waals surface area contributed by atoms with Crippen molar-refractivity contribution in [3.05, 3.63) is 64.0 Å². The number of fused-ring (bicyclic) bond motifs is 1. The Balaban J connectivity index is 1.25. The fourth-order valence-corrected chi connectivity index (χ4v) is 4.15. The smallest absolute Gasteiger partial charge is 0.338 e. The molecule has 4 rings (SSSR count). The number of nitrogens with zero attached hydrogens (tertiary/aromatic N) is 4. The van der Waals surface area contributed by atoms with Crippen molar-refractivity contribution in [2.75, 3.05) is 39.3 Å². The number of nitriles is 1. The second kappa shape index (κ2) is 8.92. The number of aliphatic hydroxyl groups is 1. The molecule has 1 N–H and O–H groups in total. The van der Waals surface area contributed by atoms with Crippen molar-refractivity contribution in [2.24, 2.45) is 0 Å². The molecule has 1 aromatic carbocycles. The predicted octanol–water partition coefficient (Wildman–Crippen LogP) is 1.83. The van der Waals surface area contributed by atoms with Crippen LogP contribution in [0.4, 0.5) is 0 Å². The summed E-state index contributed by atoms with van der Waals surface area (Å²) in [6.07, 6.45) is 1.80. The molecule has 0 spiro atoms. The summed E-state index contributed by atoms with van der Waals surface area (Å²) < 4.78 is 5.15. The van der Waals surface area contributed by atoms with Gasteiger partial charge in [-0.1, -0.05) is 6.07 Å². The Kier molecular flexibility index (Phi) is 6.09. The third-order valence-electron chi connectivity index (χ3n) is 6.13. The number of piperazine rings is 1. The van der Waals surface area contributed by atoms with Crippen LogP contribution in [-0.4, -0.2) is 65.1 Å². The molecule has 1 fully saturated rings. The molecule has 2 aliphatic rings. The molecule has 0 bridgehead atoms. The van der Waals surface area contributed by atoms with Crippen LogP contribution in [0.2, 0.25) is 0 Å². The predicted molar refractivity (Wildman–Crippen MR) is 111 cm³/mol. The first kappa shape index (κ1) is 20.5. The maximum Gasteiger partial charge on any atom is 0.338 e. The van der Waals surface area contributed by atoms with Crippen LogP contribution in [0.15, 0.2) is 30.5 Å². The second-order valence-electron chi connectivity index (χ2n) is 7.94. The first-order valence-electron chi connectivity index (χ1n) is 10.3. The van der Waals surface area contributed by atoms with Crippen molar-refractivity contribution in [1.29, 1.82) is 5.26 Å². The standard InChI is InChI=1S/C23H26N4O3/c1-16-18(3-4-19-20(16)15-30-23(19)29)6-7-26-8-10-27(11-9-26)14-22(28)21-5-2-17(12-24)13-25-21/h2-5,13,22,28H,6-11,14-15H2,1H3. The third kappa shape index (κ3) is 4.36. The lowest BCUT2D eigenvalue weighted by atomic mass is 9.96. The number of pyridine rings is 1. The number of aromatic nitrogens is 1. The number of hydrogen-bond donors (Lipinski definition) is 1. The molecule has 1 saturated heterocycles. The van der Waals surface area contributed by atoms with Gasteiger partial charge in [-0.15, -0.1) is 0 Å². The Hall–Kier alpha value is -2.79. The van der Waals surface area contributed by atoms with E-state index in [4.69, 9.17) is 10.00 Å². The summed E-state index contributed by atoms with van der Waals surface area (Å²) in [5.74, 6) is -0.214. The van der Waals surface area contributed by atoms with E-state index in [-0.39, 0.29) is 5.97 Å². The number of cyclic esters (lactones) is 1. The number of aliphatic hydroxyl groups excluding tert-OH is 1. The molecule has 0 aliphatic carbocycles. The maximum absolute atomic E-state index is 11.7. The van der Waals surface area contributed by atoms with Crippen molar-refractivity contribution < 1.29 is 14.6 Å². The van der Waals surface area contributed by atoms with Crippen molar-refractivity contribution >= 4 is 5.97 Å². The van der Waals surface area contributed by atoms with Gasteiger partial charge in [-0.05, 0) is 42.7 Å². The average Bonchev–Trinajstić information content (AvgIpc) is 3.16. The Morgan fingerprint density at radius 3 is 2.67 bits per heavy atom. The van der Waals surface area contributed by atoms with Crippen LogP contribution in [0.3, 0.4) is 0 Å². The van der Waals surface area contributed by atoms with Crippen molar-refractivity contribution in [3.63, 3.8) is 0 Å². The Morgan fingerprint density at radius 2 is 1.97 bits per heavy atom. The summed E-state index contributed by atoms with van der Waals surface area (Å²) in [5.41, 5.74) is 5.29. The van der Waals surface area contributed by atoms with Gasteiger partial charge < -0.3 is 14.7 Å². The van der Waals surface area contributed by atoms with Gasteiger partial charge in [-0.2, -0.15) is 5.26 Å². The number of carbonyl (C=O) groups is 1. The van der Waals surface area contributed by atoms with Crippen LogP contribution in [0.25, 0.3) is 0 Å². The van der Waals surface area contributed by atoms with Crippen LogP contribution in [0.5, 0.6) is 0 Å². The minimum atomic E-state index is -0.650. The maximum atomic E-state index is 11.7. The molecular formula is C23H26N4O3. The van der Waals surface area contributed by atoms with Crippen molar-refractivity contribution in [3.8, 4) is 6.07 Å². The highest BCUT2D eigenvalue weighted by molar-refractivity contribution is 5.93. The molecule has 1 unspecified atom stereocenters. The fourth-order valence-electron chi connectivity index (χ4n) is 4.15. The quantitative estimate of drug-likeness (QED) is 0.732. The molecule has 1 aromatic heterocycles. The Bertz CT molecular complexity index is 960. The van der Waals surface area contributed by atoms with E-state index in [0.717, 1.165) is 44.7 Å². The zero-order valence-electron chi connectivity index (χ0n) is 17.2. The van der Waals surface area contributed by atoms with E-state index in [2.05, 4.69) is 27.8 Å². The number of benzene rings is 1. The SMILES string of the molecule is Cc1c(CCN2CCN(CC(O)c3ccc(C#N)cn3)CC2)ccc2c1COC2=O. The molecule has 7 nitrogen and oxygen atoms in total. The van der Waals surface area contributed by atoms with Gasteiger partial charge >= 0.3 is 5.97 Å². The summed E-state index contributed by atoms with van der Waals surface area (Å²) in [7, 11) is 0. The molecule has 7 heteroatoms. The van der Waals surface area contributed by atoms with E-state index in [1.165, 1.54) is 17.3 Å². The molecule has 2 aliphatic heterocycles. The summed E-state index contributed by atoms with van der Waals surface area (Å²) in [6.45, 7) is 7.71. The molecule has 3 heterocycles. The minimum absolute atomic E-state index is 0.214. The fraction of sp³-hybridized carbons (Fsp3) is 0.435. The topological polar surface area (TPSA) is 89.7 Å².